The van der Waals surface area contributed by atoms with E-state index in [-0.39, 0.29) is 0 Å². The van der Waals surface area contributed by atoms with Gasteiger partial charge in [-0.1, -0.05) is 12.1 Å². The zero-order valence-corrected chi connectivity index (χ0v) is 14.3. The number of thiophene rings is 1. The van der Waals surface area contributed by atoms with Gasteiger partial charge in [0.2, 0.25) is 10.0 Å². The number of hydrogen-bond acceptors (Lipinski definition) is 5. The van der Waals surface area contributed by atoms with Crippen LogP contribution in [-0.4, -0.2) is 20.1 Å². The average Bonchev–Trinajstić information content (AvgIpc) is 3.26. The van der Waals surface area contributed by atoms with Crippen LogP contribution in [0.1, 0.15) is 10.4 Å². The molecule has 9 heteroatoms. The molecule has 0 radical (unpaired) electrons. The Morgan fingerprint density at radius 1 is 1.16 bits per heavy atom. The van der Waals surface area contributed by atoms with Gasteiger partial charge in [-0.2, -0.15) is 0 Å². The van der Waals surface area contributed by atoms with Gasteiger partial charge in [-0.25, -0.2) is 21.9 Å². The molecule has 3 rings (SSSR count). The molecule has 0 spiro atoms. The van der Waals surface area contributed by atoms with Crippen LogP contribution in [0.2, 0.25) is 0 Å². The van der Waals surface area contributed by atoms with Crippen LogP contribution in [0.4, 0.5) is 8.78 Å². The normalized spacial score (nSPS) is 14.4. The minimum atomic E-state index is -4.52. The van der Waals surface area contributed by atoms with Crippen molar-refractivity contribution in [1.82, 2.24) is 4.72 Å². The molecule has 1 atom stereocenters. The monoisotopic (exact) mass is 385 g/mol. The molecule has 2 aromatic heterocycles. The van der Waals surface area contributed by atoms with Gasteiger partial charge in [-0.3, -0.25) is 0 Å². The Balaban J connectivity index is 1.95. The first kappa shape index (κ1) is 17.7. The number of aliphatic hydroxyl groups is 1. The van der Waals surface area contributed by atoms with Gasteiger partial charge in [0.1, 0.15) is 17.2 Å². The number of benzene rings is 1. The van der Waals surface area contributed by atoms with E-state index in [2.05, 4.69) is 4.72 Å². The Hall–Kier alpha value is -2.07. The third kappa shape index (κ3) is 3.36. The van der Waals surface area contributed by atoms with Crippen molar-refractivity contribution in [2.45, 2.75) is 10.5 Å². The summed E-state index contributed by atoms with van der Waals surface area (Å²) in [7, 11) is -4.52. The van der Waals surface area contributed by atoms with Gasteiger partial charge in [-0.15, -0.1) is 11.3 Å². The first-order valence-corrected chi connectivity index (χ1v) is 9.43. The minimum absolute atomic E-state index is 0.312. The van der Waals surface area contributed by atoms with Crippen molar-refractivity contribution < 1.29 is 26.7 Å². The summed E-state index contributed by atoms with van der Waals surface area (Å²) in [5, 5.41) is 12.7. The maximum atomic E-state index is 13.8. The largest absolute Gasteiger partial charge is 0.472 e. The maximum Gasteiger partial charge on any atom is 0.246 e. The minimum Gasteiger partial charge on any atom is -0.472 e. The quantitative estimate of drug-likeness (QED) is 0.684. The third-order valence-corrected chi connectivity index (χ3v) is 6.11. The Kier molecular flexibility index (Phi) is 4.74. The average molecular weight is 385 g/mol. The van der Waals surface area contributed by atoms with E-state index in [9.17, 15) is 22.3 Å². The van der Waals surface area contributed by atoms with E-state index in [1.165, 1.54) is 29.9 Å². The van der Waals surface area contributed by atoms with E-state index in [0.29, 0.717) is 10.4 Å². The van der Waals surface area contributed by atoms with E-state index < -0.39 is 38.7 Å². The number of halogens is 2. The number of sulfonamides is 1. The molecule has 1 aromatic carbocycles. The second kappa shape index (κ2) is 6.68. The summed E-state index contributed by atoms with van der Waals surface area (Å²) in [6, 6.07) is 7.55. The molecule has 0 fully saturated rings. The van der Waals surface area contributed by atoms with E-state index in [1.807, 2.05) is 0 Å². The fourth-order valence-electron chi connectivity index (χ4n) is 2.36. The highest BCUT2D eigenvalue weighted by Crippen LogP contribution is 2.33. The molecule has 132 valence electrons. The summed E-state index contributed by atoms with van der Waals surface area (Å²) in [5.41, 5.74) is -1.43. The second-order valence-corrected chi connectivity index (χ2v) is 7.88. The van der Waals surface area contributed by atoms with E-state index in [1.54, 1.807) is 17.5 Å². The lowest BCUT2D eigenvalue weighted by Crippen LogP contribution is -2.41. The summed E-state index contributed by atoms with van der Waals surface area (Å²) >= 11 is 1.21. The molecule has 1 unspecified atom stereocenters. The molecule has 2 N–H and O–H groups in total. The van der Waals surface area contributed by atoms with E-state index in [4.69, 9.17) is 4.42 Å². The van der Waals surface area contributed by atoms with Gasteiger partial charge in [-0.05, 0) is 29.6 Å². The fourth-order valence-corrected chi connectivity index (χ4v) is 4.39. The molecule has 2 heterocycles. The van der Waals surface area contributed by atoms with Crippen LogP contribution in [-0.2, 0) is 15.6 Å². The molecule has 0 amide bonds. The Labute approximate surface area is 146 Å². The molecular formula is C16H13F2NO4S2. The van der Waals surface area contributed by atoms with Crippen LogP contribution in [0.25, 0.3) is 0 Å². The predicted octanol–water partition coefficient (Wildman–Crippen LogP) is 2.83. The van der Waals surface area contributed by atoms with Gasteiger partial charge in [0.05, 0.1) is 12.5 Å². The van der Waals surface area contributed by atoms with Crippen LogP contribution >= 0.6 is 11.3 Å². The van der Waals surface area contributed by atoms with Crippen molar-refractivity contribution >= 4 is 21.4 Å². The van der Waals surface area contributed by atoms with Crippen molar-refractivity contribution in [3.05, 3.63) is 76.4 Å². The first-order chi connectivity index (χ1) is 11.8. The fraction of sp³-hybridized carbons (Fsp3) is 0.125. The molecular weight excluding hydrogens is 372 g/mol. The summed E-state index contributed by atoms with van der Waals surface area (Å²) in [6.07, 6.45) is 2.61. The van der Waals surface area contributed by atoms with Crippen LogP contribution in [0.3, 0.4) is 0 Å². The molecule has 3 aromatic rings. The number of nitrogens with one attached hydrogen (secondary N) is 1. The van der Waals surface area contributed by atoms with Crippen molar-refractivity contribution in [1.29, 1.82) is 0 Å². The second-order valence-electron chi connectivity index (χ2n) is 5.22. The van der Waals surface area contributed by atoms with Gasteiger partial charge in [0.25, 0.3) is 0 Å². The Bertz CT molecular complexity index is 900. The maximum absolute atomic E-state index is 13.8. The molecule has 0 aliphatic heterocycles. The third-order valence-electron chi connectivity index (χ3n) is 3.63. The molecule has 0 saturated carbocycles. The predicted molar refractivity (Wildman–Crippen MR) is 87.6 cm³/mol. The van der Waals surface area contributed by atoms with Gasteiger partial charge >= 0.3 is 0 Å². The summed E-state index contributed by atoms with van der Waals surface area (Å²) in [4.78, 5) is -0.638. The zero-order chi connectivity index (χ0) is 18.1. The van der Waals surface area contributed by atoms with Gasteiger partial charge in [0, 0.05) is 17.0 Å². The van der Waals surface area contributed by atoms with Crippen LogP contribution in [0.5, 0.6) is 0 Å². The zero-order valence-electron chi connectivity index (χ0n) is 12.6. The van der Waals surface area contributed by atoms with Gasteiger partial charge in [0.15, 0.2) is 4.90 Å². The highest BCUT2D eigenvalue weighted by Gasteiger charge is 2.36. The van der Waals surface area contributed by atoms with Crippen molar-refractivity contribution in [2.75, 3.05) is 6.54 Å². The van der Waals surface area contributed by atoms with Crippen LogP contribution in [0.15, 0.2) is 63.6 Å². The van der Waals surface area contributed by atoms with Crippen LogP contribution < -0.4 is 4.72 Å². The lowest BCUT2D eigenvalue weighted by atomic mass is 9.95. The molecule has 0 aliphatic carbocycles. The number of hydrogen-bond donors (Lipinski definition) is 2. The Morgan fingerprint density at radius 2 is 1.88 bits per heavy atom. The summed E-state index contributed by atoms with van der Waals surface area (Å²) in [5.74, 6) is -2.43. The molecule has 25 heavy (non-hydrogen) atoms. The summed E-state index contributed by atoms with van der Waals surface area (Å²) < 4.78 is 59.3. The number of rotatable bonds is 6. The topological polar surface area (TPSA) is 79.5 Å². The molecule has 0 saturated heterocycles. The molecule has 0 aliphatic rings. The van der Waals surface area contributed by atoms with E-state index >= 15 is 0 Å². The van der Waals surface area contributed by atoms with E-state index in [0.717, 1.165) is 18.2 Å². The SMILES string of the molecule is O=S(=O)(NCC(O)(c1ccoc1)c1cccs1)c1c(F)cccc1F. The van der Waals surface area contributed by atoms with Crippen LogP contribution in [0, 0.1) is 11.6 Å². The van der Waals surface area contributed by atoms with Crippen molar-refractivity contribution in [3.63, 3.8) is 0 Å². The molecule has 5 nitrogen and oxygen atoms in total. The standard InChI is InChI=1S/C16H13F2NO4S2/c17-12-3-1-4-13(18)15(12)25(21,22)19-10-16(20,11-6-7-23-9-11)14-5-2-8-24-14/h1-9,19-20H,10H2. The highest BCUT2D eigenvalue weighted by atomic mass is 32.2. The first-order valence-electron chi connectivity index (χ1n) is 7.07. The lowest BCUT2D eigenvalue weighted by molar-refractivity contribution is 0.0891. The van der Waals surface area contributed by atoms with Crippen molar-refractivity contribution in [3.8, 4) is 0 Å². The molecule has 0 bridgehead atoms. The Morgan fingerprint density at radius 3 is 2.44 bits per heavy atom. The lowest BCUT2D eigenvalue weighted by Gasteiger charge is -2.26. The smallest absolute Gasteiger partial charge is 0.246 e. The highest BCUT2D eigenvalue weighted by molar-refractivity contribution is 7.89. The number of furan rings is 1. The summed E-state index contributed by atoms with van der Waals surface area (Å²) in [6.45, 7) is -0.525. The van der Waals surface area contributed by atoms with Gasteiger partial charge < -0.3 is 9.52 Å². The van der Waals surface area contributed by atoms with Crippen molar-refractivity contribution in [2.24, 2.45) is 0 Å².